The number of carbonyl (C=O) groups excluding carboxylic acids is 2. The monoisotopic (exact) mass is 479 g/mol. The first-order chi connectivity index (χ1) is 16.0. The number of carbonyl (C=O) groups is 2. The Labute approximate surface area is 202 Å². The van der Waals surface area contributed by atoms with Crippen LogP contribution in [0.4, 0.5) is 10.7 Å². The van der Waals surface area contributed by atoms with Crippen LogP contribution >= 0.6 is 23.6 Å². The maximum Gasteiger partial charge on any atom is 0.341 e. The number of ether oxygens (including phenoxy) is 1. The fourth-order valence-corrected chi connectivity index (χ4v) is 5.42. The number of nitrogens with one attached hydrogen (secondary N) is 3. The van der Waals surface area contributed by atoms with Crippen LogP contribution in [0.1, 0.15) is 49.6 Å². The number of esters is 1. The summed E-state index contributed by atoms with van der Waals surface area (Å²) in [5, 5.41) is 10.3. The van der Waals surface area contributed by atoms with Crippen LogP contribution in [-0.2, 0) is 24.1 Å². The van der Waals surface area contributed by atoms with Crippen LogP contribution in [0, 0.1) is 0 Å². The molecule has 0 saturated heterocycles. The van der Waals surface area contributed by atoms with Gasteiger partial charge in [-0.15, -0.1) is 11.3 Å². The van der Waals surface area contributed by atoms with Crippen LogP contribution in [0.3, 0.4) is 0 Å². The SMILES string of the molecule is COC(=O)c1c(NC(=S)Nc2cccc(C(=O)NCc3ccccc3)c2)sc2c1CCCC2. The molecular formula is C25H25N3O3S2. The Morgan fingerprint density at radius 2 is 1.82 bits per heavy atom. The predicted molar refractivity (Wildman–Crippen MR) is 136 cm³/mol. The maximum atomic E-state index is 12.6. The van der Waals surface area contributed by atoms with Crippen LogP contribution in [0.2, 0.25) is 0 Å². The van der Waals surface area contributed by atoms with Crippen molar-refractivity contribution >= 4 is 51.2 Å². The third-order valence-corrected chi connectivity index (χ3v) is 6.88. The number of anilines is 2. The van der Waals surface area contributed by atoms with Crippen molar-refractivity contribution in [3.63, 3.8) is 0 Å². The van der Waals surface area contributed by atoms with Gasteiger partial charge in [0.05, 0.1) is 12.7 Å². The Hall–Kier alpha value is -3.23. The van der Waals surface area contributed by atoms with E-state index in [9.17, 15) is 9.59 Å². The largest absolute Gasteiger partial charge is 0.465 e. The molecular weight excluding hydrogens is 454 g/mol. The van der Waals surface area contributed by atoms with E-state index in [1.54, 1.807) is 29.5 Å². The minimum absolute atomic E-state index is 0.166. The van der Waals surface area contributed by atoms with Crippen molar-refractivity contribution in [1.82, 2.24) is 5.32 Å². The van der Waals surface area contributed by atoms with Crippen LogP contribution in [-0.4, -0.2) is 24.1 Å². The molecule has 0 atom stereocenters. The van der Waals surface area contributed by atoms with Crippen molar-refractivity contribution in [3.8, 4) is 0 Å². The summed E-state index contributed by atoms with van der Waals surface area (Å²) in [5.41, 5.74) is 3.89. The van der Waals surface area contributed by atoms with E-state index in [4.69, 9.17) is 17.0 Å². The topological polar surface area (TPSA) is 79.5 Å². The lowest BCUT2D eigenvalue weighted by atomic mass is 9.95. The second-order valence-corrected chi connectivity index (χ2v) is 9.25. The van der Waals surface area contributed by atoms with E-state index in [-0.39, 0.29) is 11.9 Å². The highest BCUT2D eigenvalue weighted by Gasteiger charge is 2.26. The molecule has 1 heterocycles. The molecule has 0 radical (unpaired) electrons. The van der Waals surface area contributed by atoms with Gasteiger partial charge in [-0.2, -0.15) is 0 Å². The average molecular weight is 480 g/mol. The summed E-state index contributed by atoms with van der Waals surface area (Å²) < 4.78 is 5.02. The molecule has 0 fully saturated rings. The number of methoxy groups -OCH3 is 1. The summed E-state index contributed by atoms with van der Waals surface area (Å²) in [7, 11) is 1.39. The number of rotatable bonds is 6. The lowest BCUT2D eigenvalue weighted by Crippen LogP contribution is -2.23. The van der Waals surface area contributed by atoms with Crippen molar-refractivity contribution in [2.75, 3.05) is 17.7 Å². The molecule has 1 aliphatic carbocycles. The van der Waals surface area contributed by atoms with Gasteiger partial charge >= 0.3 is 5.97 Å². The third-order valence-electron chi connectivity index (χ3n) is 5.47. The summed E-state index contributed by atoms with van der Waals surface area (Å²) in [4.78, 5) is 26.2. The number of benzene rings is 2. The molecule has 0 spiro atoms. The van der Waals surface area contributed by atoms with Gasteiger partial charge in [-0.3, -0.25) is 4.79 Å². The number of hydrogen-bond donors (Lipinski definition) is 3. The third kappa shape index (κ3) is 5.58. The molecule has 4 rings (SSSR count). The molecule has 0 aliphatic heterocycles. The Balaban J connectivity index is 1.43. The zero-order valence-electron chi connectivity index (χ0n) is 18.3. The molecule has 0 bridgehead atoms. The van der Waals surface area contributed by atoms with E-state index in [0.29, 0.717) is 33.5 Å². The summed E-state index contributed by atoms with van der Waals surface area (Å²) in [6.07, 6.45) is 4.02. The van der Waals surface area contributed by atoms with Gasteiger partial charge in [-0.1, -0.05) is 36.4 Å². The van der Waals surface area contributed by atoms with Crippen molar-refractivity contribution in [2.45, 2.75) is 32.2 Å². The standard InChI is InChI=1S/C25H25N3O3S2/c1-31-24(30)21-19-12-5-6-13-20(19)33-23(21)28-25(32)27-18-11-7-10-17(14-18)22(29)26-15-16-8-3-2-4-9-16/h2-4,7-11,14H,5-6,12-13,15H2,1H3,(H,26,29)(H2,27,28,32). The number of thiocarbonyl (C=S) groups is 1. The van der Waals surface area contributed by atoms with Gasteiger partial charge in [-0.05, 0) is 67.2 Å². The highest BCUT2D eigenvalue weighted by atomic mass is 32.1. The normalized spacial score (nSPS) is 12.4. The number of hydrogen-bond acceptors (Lipinski definition) is 5. The van der Waals surface area contributed by atoms with E-state index in [1.165, 1.54) is 12.0 Å². The van der Waals surface area contributed by atoms with Gasteiger partial charge < -0.3 is 20.7 Å². The lowest BCUT2D eigenvalue weighted by Gasteiger charge is -2.13. The molecule has 170 valence electrons. The fourth-order valence-electron chi connectivity index (χ4n) is 3.86. The highest BCUT2D eigenvalue weighted by Crippen LogP contribution is 2.38. The first-order valence-corrected chi connectivity index (χ1v) is 12.0. The van der Waals surface area contributed by atoms with Gasteiger partial charge in [0.15, 0.2) is 5.11 Å². The summed E-state index contributed by atoms with van der Waals surface area (Å²) in [5.74, 6) is -0.517. The van der Waals surface area contributed by atoms with Crippen molar-refractivity contribution in [3.05, 3.63) is 81.7 Å². The van der Waals surface area contributed by atoms with Crippen LogP contribution in [0.15, 0.2) is 54.6 Å². The molecule has 2 aromatic carbocycles. The van der Waals surface area contributed by atoms with E-state index in [0.717, 1.165) is 36.8 Å². The van der Waals surface area contributed by atoms with E-state index in [2.05, 4.69) is 16.0 Å². The molecule has 1 aromatic heterocycles. The second-order valence-electron chi connectivity index (χ2n) is 7.73. The van der Waals surface area contributed by atoms with E-state index >= 15 is 0 Å². The molecule has 33 heavy (non-hydrogen) atoms. The van der Waals surface area contributed by atoms with Crippen LogP contribution in [0.25, 0.3) is 0 Å². The molecule has 0 saturated carbocycles. The van der Waals surface area contributed by atoms with Crippen molar-refractivity contribution in [1.29, 1.82) is 0 Å². The Bertz CT molecular complexity index is 1170. The Kier molecular flexibility index (Phi) is 7.36. The Morgan fingerprint density at radius 1 is 1.03 bits per heavy atom. The first kappa shape index (κ1) is 22.9. The van der Waals surface area contributed by atoms with Crippen LogP contribution in [0.5, 0.6) is 0 Å². The summed E-state index contributed by atoms with van der Waals surface area (Å²) in [6.45, 7) is 0.455. The van der Waals surface area contributed by atoms with Crippen molar-refractivity contribution < 1.29 is 14.3 Å². The zero-order valence-corrected chi connectivity index (χ0v) is 19.9. The quantitative estimate of drug-likeness (QED) is 0.335. The summed E-state index contributed by atoms with van der Waals surface area (Å²) in [6, 6.07) is 16.9. The lowest BCUT2D eigenvalue weighted by molar-refractivity contribution is 0.0600. The predicted octanol–water partition coefficient (Wildman–Crippen LogP) is 5.15. The minimum Gasteiger partial charge on any atom is -0.465 e. The second kappa shape index (κ2) is 10.6. The molecule has 3 aromatic rings. The number of aryl methyl sites for hydroxylation is 1. The highest BCUT2D eigenvalue weighted by molar-refractivity contribution is 7.80. The molecule has 3 N–H and O–H groups in total. The van der Waals surface area contributed by atoms with E-state index in [1.807, 2.05) is 36.4 Å². The molecule has 8 heteroatoms. The van der Waals surface area contributed by atoms with Gasteiger partial charge in [0, 0.05) is 22.7 Å². The molecule has 1 amide bonds. The molecule has 6 nitrogen and oxygen atoms in total. The zero-order chi connectivity index (χ0) is 23.2. The maximum absolute atomic E-state index is 12.6. The van der Waals surface area contributed by atoms with E-state index < -0.39 is 0 Å². The Morgan fingerprint density at radius 3 is 2.61 bits per heavy atom. The summed E-state index contributed by atoms with van der Waals surface area (Å²) >= 11 is 7.05. The minimum atomic E-state index is -0.350. The number of amides is 1. The molecule has 1 aliphatic rings. The van der Waals surface area contributed by atoms with Crippen LogP contribution < -0.4 is 16.0 Å². The molecule has 0 unspecified atom stereocenters. The smallest absolute Gasteiger partial charge is 0.341 e. The van der Waals surface area contributed by atoms with Gasteiger partial charge in [0.1, 0.15) is 5.00 Å². The van der Waals surface area contributed by atoms with Crippen molar-refractivity contribution in [2.24, 2.45) is 0 Å². The van der Waals surface area contributed by atoms with Gasteiger partial charge in [0.2, 0.25) is 0 Å². The van der Waals surface area contributed by atoms with Gasteiger partial charge in [-0.25, -0.2) is 4.79 Å². The average Bonchev–Trinajstić information content (AvgIpc) is 3.20. The number of fused-ring (bicyclic) bond motifs is 1. The fraction of sp³-hybridized carbons (Fsp3) is 0.240. The number of thiophene rings is 1. The van der Waals surface area contributed by atoms with Gasteiger partial charge in [0.25, 0.3) is 5.91 Å². The first-order valence-electron chi connectivity index (χ1n) is 10.8.